The van der Waals surface area contributed by atoms with Crippen molar-refractivity contribution in [1.29, 1.82) is 0 Å². The Bertz CT molecular complexity index is 1920. The summed E-state index contributed by atoms with van der Waals surface area (Å²) in [7, 11) is 0. The van der Waals surface area contributed by atoms with Gasteiger partial charge in [-0.05, 0) is 82.2 Å². The third-order valence-corrected chi connectivity index (χ3v) is 9.38. The number of hydrogen-bond donors (Lipinski definition) is 9. The van der Waals surface area contributed by atoms with E-state index in [1.54, 1.807) is 42.7 Å². The number of aromatic amines is 2. The number of esters is 1. The van der Waals surface area contributed by atoms with Crippen molar-refractivity contribution in [3.8, 4) is 0 Å². The maximum Gasteiger partial charge on any atom is 0.377 e. The molecule has 0 aliphatic rings. The van der Waals surface area contributed by atoms with Crippen molar-refractivity contribution >= 4 is 46.3 Å². The molecule has 0 aliphatic heterocycles. The first-order chi connectivity index (χ1) is 27.5. The van der Waals surface area contributed by atoms with Gasteiger partial charge in [0.25, 0.3) is 5.78 Å². The van der Waals surface area contributed by atoms with Crippen LogP contribution in [0.3, 0.4) is 0 Å². The van der Waals surface area contributed by atoms with Crippen LogP contribution < -0.4 is 38.5 Å². The van der Waals surface area contributed by atoms with E-state index in [0.717, 1.165) is 16.5 Å². The van der Waals surface area contributed by atoms with E-state index in [2.05, 4.69) is 36.2 Å². The van der Waals surface area contributed by atoms with Crippen LogP contribution in [0, 0.1) is 0 Å². The van der Waals surface area contributed by atoms with Crippen LogP contribution in [-0.4, -0.2) is 93.6 Å². The van der Waals surface area contributed by atoms with Crippen LogP contribution in [0.2, 0.25) is 0 Å². The number of Topliss-reactive ketones (excluding diaryl/α,β-unsaturated/α-hetero) is 1. The molecule has 0 bridgehead atoms. The van der Waals surface area contributed by atoms with Crippen molar-refractivity contribution in [1.82, 2.24) is 36.2 Å². The lowest BCUT2D eigenvalue weighted by Crippen LogP contribution is -2.58. The number of para-hydroxylation sites is 1. The molecule has 4 rings (SSSR count). The topological polar surface area (TPSA) is 282 Å². The molecule has 0 saturated carbocycles. The molecule has 0 unspecified atom stereocenters. The number of H-pyrrole nitrogens is 2. The van der Waals surface area contributed by atoms with Gasteiger partial charge in [-0.1, -0.05) is 48.5 Å². The number of benzene rings is 2. The monoisotopic (exact) mass is 786 g/mol. The van der Waals surface area contributed by atoms with Crippen molar-refractivity contribution in [2.75, 3.05) is 13.1 Å². The summed E-state index contributed by atoms with van der Waals surface area (Å²) in [5.74, 6) is -4.72. The molecule has 2 heterocycles. The van der Waals surface area contributed by atoms with Crippen LogP contribution in [0.25, 0.3) is 10.9 Å². The highest BCUT2D eigenvalue weighted by atomic mass is 16.5. The van der Waals surface area contributed by atoms with Crippen molar-refractivity contribution in [2.24, 2.45) is 17.2 Å². The lowest BCUT2D eigenvalue weighted by molar-refractivity contribution is -0.156. The van der Waals surface area contributed by atoms with Gasteiger partial charge in [-0.2, -0.15) is 0 Å². The van der Waals surface area contributed by atoms with Gasteiger partial charge in [0.1, 0.15) is 24.7 Å². The minimum Gasteiger partial charge on any atom is -0.455 e. The second-order valence-electron chi connectivity index (χ2n) is 13.8. The standard InChI is InChI=1S/C40H54N10O7/c1-25(47-37(53)30(43)19-27-21-45-31-14-6-5-13-29(27)31)36(52)50-34(20-28-22-44-24-46-28)39(55)49-33(16-8-10-18-42)38(54)48-32(15-7-9-17-41)35(51)40(56)57-23-26-11-3-2-4-12-26/h2-6,11-14,21-22,24-25,30,32-34,45H,7-10,15-20,23,41-43H2,1H3,(H,44,46)(H,47,53)(H,48,54)(H,49,55)(H,50,52)/t25-,30-,32-,33-,34-/m0/s1. The Morgan fingerprint density at radius 1 is 0.719 bits per heavy atom. The number of fused-ring (bicyclic) bond motifs is 1. The molecule has 4 aromatic rings. The Morgan fingerprint density at radius 2 is 1.35 bits per heavy atom. The third kappa shape index (κ3) is 13.7. The molecule has 12 N–H and O–H groups in total. The minimum absolute atomic E-state index is 0.0631. The number of aromatic nitrogens is 3. The fourth-order valence-electron chi connectivity index (χ4n) is 6.14. The number of ether oxygens (including phenoxy) is 1. The number of nitrogens with two attached hydrogens (primary N) is 3. The minimum atomic E-state index is -1.24. The summed E-state index contributed by atoms with van der Waals surface area (Å²) in [5.41, 5.74) is 20.5. The molecule has 0 aliphatic carbocycles. The Morgan fingerprint density at radius 3 is 2.04 bits per heavy atom. The van der Waals surface area contributed by atoms with Crippen molar-refractivity contribution < 1.29 is 33.5 Å². The summed E-state index contributed by atoms with van der Waals surface area (Å²) in [6.45, 7) is 2.01. The number of amides is 4. The molecule has 0 spiro atoms. The van der Waals surface area contributed by atoms with Crippen LogP contribution in [0.15, 0.2) is 73.3 Å². The number of imidazole rings is 1. The second-order valence-corrected chi connectivity index (χ2v) is 13.8. The molecule has 2 aromatic carbocycles. The van der Waals surface area contributed by atoms with Crippen LogP contribution in [0.4, 0.5) is 0 Å². The Hall–Kier alpha value is -5.91. The number of carbonyl (C=O) groups excluding carboxylic acids is 6. The largest absolute Gasteiger partial charge is 0.455 e. The van der Waals surface area contributed by atoms with Gasteiger partial charge in [0.05, 0.1) is 24.1 Å². The number of rotatable bonds is 24. The molecule has 4 amide bonds. The Kier molecular flexibility index (Phi) is 17.4. The molecule has 17 heteroatoms. The molecule has 5 atom stereocenters. The molecule has 2 aromatic heterocycles. The van der Waals surface area contributed by atoms with Gasteiger partial charge in [0, 0.05) is 29.7 Å². The number of ketones is 1. The van der Waals surface area contributed by atoms with Crippen molar-refractivity contribution in [3.05, 3.63) is 90.1 Å². The highest BCUT2D eigenvalue weighted by Crippen LogP contribution is 2.19. The zero-order chi connectivity index (χ0) is 41.2. The first-order valence-corrected chi connectivity index (χ1v) is 19.1. The number of nitrogens with one attached hydrogen (secondary N) is 6. The summed E-state index contributed by atoms with van der Waals surface area (Å²) >= 11 is 0. The highest BCUT2D eigenvalue weighted by Gasteiger charge is 2.33. The van der Waals surface area contributed by atoms with Gasteiger partial charge >= 0.3 is 5.97 Å². The molecule has 0 saturated heterocycles. The van der Waals surface area contributed by atoms with Crippen molar-refractivity contribution in [2.45, 2.75) is 95.1 Å². The van der Waals surface area contributed by atoms with E-state index in [1.807, 2.05) is 24.3 Å². The average Bonchev–Trinajstić information content (AvgIpc) is 3.89. The number of carbonyl (C=O) groups is 6. The van der Waals surface area contributed by atoms with E-state index < -0.39 is 65.6 Å². The molecule has 306 valence electrons. The Balaban J connectivity index is 1.43. The van der Waals surface area contributed by atoms with Crippen LogP contribution in [0.1, 0.15) is 62.3 Å². The van der Waals surface area contributed by atoms with Gasteiger partial charge < -0.3 is 53.2 Å². The molecule has 0 radical (unpaired) electrons. The summed E-state index contributed by atoms with van der Waals surface area (Å²) in [6.07, 6.45) is 7.12. The first kappa shape index (κ1) is 43.8. The third-order valence-electron chi connectivity index (χ3n) is 9.38. The van der Waals surface area contributed by atoms with E-state index in [0.29, 0.717) is 50.0 Å². The quantitative estimate of drug-likeness (QED) is 0.0268. The number of nitrogens with zero attached hydrogens (tertiary/aromatic N) is 1. The molecule has 57 heavy (non-hydrogen) atoms. The highest BCUT2D eigenvalue weighted by molar-refractivity contribution is 6.36. The Labute approximate surface area is 331 Å². The number of hydrogen-bond acceptors (Lipinski definition) is 11. The van der Waals surface area contributed by atoms with E-state index in [-0.39, 0.29) is 32.3 Å². The molecule has 17 nitrogen and oxygen atoms in total. The van der Waals surface area contributed by atoms with Crippen LogP contribution in [-0.2, 0) is 53.0 Å². The SMILES string of the molecule is C[C@H](NC(=O)[C@@H](N)Cc1c[nH]c2ccccc12)C(=O)N[C@@H](Cc1c[nH]cn1)C(=O)N[C@@H](CCCCN)C(=O)N[C@@H](CCCCN)C(=O)C(=O)OCc1ccccc1. The lowest BCUT2D eigenvalue weighted by atomic mass is 10.0. The average molecular weight is 787 g/mol. The van der Waals surface area contributed by atoms with E-state index in [1.165, 1.54) is 13.3 Å². The molecule has 0 fully saturated rings. The predicted octanol–water partition coefficient (Wildman–Crippen LogP) is 0.533. The van der Waals surface area contributed by atoms with E-state index in [4.69, 9.17) is 21.9 Å². The zero-order valence-corrected chi connectivity index (χ0v) is 32.1. The smallest absolute Gasteiger partial charge is 0.377 e. The summed E-state index contributed by atoms with van der Waals surface area (Å²) in [6, 6.07) is 10.7. The fraction of sp³-hybridized carbons (Fsp3) is 0.425. The normalized spacial score (nSPS) is 13.8. The van der Waals surface area contributed by atoms with Gasteiger partial charge in [-0.15, -0.1) is 0 Å². The van der Waals surface area contributed by atoms with Gasteiger partial charge in [-0.25, -0.2) is 9.78 Å². The van der Waals surface area contributed by atoms with Crippen LogP contribution >= 0.6 is 0 Å². The predicted molar refractivity (Wildman–Crippen MR) is 213 cm³/mol. The summed E-state index contributed by atoms with van der Waals surface area (Å²) in [4.78, 5) is 90.5. The maximum atomic E-state index is 13.9. The van der Waals surface area contributed by atoms with E-state index in [9.17, 15) is 28.8 Å². The molecular weight excluding hydrogens is 733 g/mol. The molecular formula is C40H54N10O7. The maximum absolute atomic E-state index is 13.9. The lowest BCUT2D eigenvalue weighted by Gasteiger charge is -2.26. The number of unbranched alkanes of at least 4 members (excludes halogenated alkanes) is 2. The van der Waals surface area contributed by atoms with Crippen LogP contribution in [0.5, 0.6) is 0 Å². The zero-order valence-electron chi connectivity index (χ0n) is 32.1. The van der Waals surface area contributed by atoms with Crippen molar-refractivity contribution in [3.63, 3.8) is 0 Å². The van der Waals surface area contributed by atoms with Gasteiger partial charge in [0.2, 0.25) is 23.6 Å². The van der Waals surface area contributed by atoms with E-state index >= 15 is 0 Å². The van der Waals surface area contributed by atoms with Gasteiger partial charge in [-0.3, -0.25) is 24.0 Å². The first-order valence-electron chi connectivity index (χ1n) is 19.1. The summed E-state index contributed by atoms with van der Waals surface area (Å²) in [5, 5.41) is 11.6. The van der Waals surface area contributed by atoms with Gasteiger partial charge in [0.15, 0.2) is 0 Å². The summed E-state index contributed by atoms with van der Waals surface area (Å²) < 4.78 is 5.25. The second kappa shape index (κ2) is 22.6. The fourth-order valence-corrected chi connectivity index (χ4v) is 6.14.